The van der Waals surface area contributed by atoms with Gasteiger partial charge in [-0.25, -0.2) is 0 Å². The minimum Gasteiger partial charge on any atom is -0.271 e. The number of nitrogens with one attached hydrogen (secondary N) is 1. The van der Waals surface area contributed by atoms with Gasteiger partial charge in [0.05, 0.1) is 22.4 Å². The molecule has 6 heteroatoms. The highest BCUT2D eigenvalue weighted by atomic mass is 79.9. The summed E-state index contributed by atoms with van der Waals surface area (Å²) in [5.41, 5.74) is 4.05. The molecule has 1 heterocycles. The summed E-state index contributed by atoms with van der Waals surface area (Å²) in [6.45, 7) is 7.54. The predicted octanol–water partition coefficient (Wildman–Crippen LogP) is 2.95. The second-order valence-electron chi connectivity index (χ2n) is 4.75. The van der Waals surface area contributed by atoms with Gasteiger partial charge in [-0.05, 0) is 34.0 Å². The van der Waals surface area contributed by atoms with Gasteiger partial charge in [-0.3, -0.25) is 16.0 Å². The molecule has 1 rings (SSSR count). The second kappa shape index (κ2) is 8.19. The highest BCUT2D eigenvalue weighted by Gasteiger charge is 2.18. The zero-order chi connectivity index (χ0) is 13.5. The molecule has 0 aromatic carbocycles. The zero-order valence-electron chi connectivity index (χ0n) is 11.3. The summed E-state index contributed by atoms with van der Waals surface area (Å²) < 4.78 is 3.06. The average Bonchev–Trinajstić information content (AvgIpc) is 2.67. The van der Waals surface area contributed by atoms with Gasteiger partial charge in [-0.15, -0.1) is 0 Å². The van der Waals surface area contributed by atoms with Crippen LogP contribution in [-0.4, -0.2) is 21.3 Å². The van der Waals surface area contributed by atoms with Gasteiger partial charge < -0.3 is 0 Å². The van der Waals surface area contributed by atoms with E-state index < -0.39 is 0 Å². The van der Waals surface area contributed by atoms with E-state index in [1.807, 2.05) is 22.6 Å². The molecule has 1 aromatic rings. The highest BCUT2D eigenvalue weighted by Crippen LogP contribution is 2.26. The first-order valence-electron chi connectivity index (χ1n) is 6.35. The van der Waals surface area contributed by atoms with Crippen LogP contribution in [0.4, 0.5) is 0 Å². The smallest absolute Gasteiger partial charge is 0.0730 e. The Bertz CT molecular complexity index is 354. The number of halogens is 1. The monoisotopic (exact) mass is 334 g/mol. The molecule has 0 aliphatic heterocycles. The van der Waals surface area contributed by atoms with Gasteiger partial charge in [0, 0.05) is 12.3 Å². The highest BCUT2D eigenvalue weighted by molar-refractivity contribution is 9.10. The molecule has 0 spiro atoms. The fraction of sp³-hybridized carbons (Fsp3) is 0.750. The van der Waals surface area contributed by atoms with E-state index in [1.165, 1.54) is 0 Å². The summed E-state index contributed by atoms with van der Waals surface area (Å²) in [5, 5.41) is 4.38. The number of nitrogens with zero attached hydrogens (tertiary/aromatic N) is 2. The first-order chi connectivity index (χ1) is 8.60. The van der Waals surface area contributed by atoms with Crippen LogP contribution in [0.3, 0.4) is 0 Å². The number of hydrogen-bond donors (Lipinski definition) is 2. The van der Waals surface area contributed by atoms with Crippen molar-refractivity contribution in [1.82, 2.24) is 15.2 Å². The van der Waals surface area contributed by atoms with Gasteiger partial charge >= 0.3 is 0 Å². The lowest BCUT2D eigenvalue weighted by atomic mass is 10.2. The Morgan fingerprint density at radius 1 is 1.50 bits per heavy atom. The lowest BCUT2D eigenvalue weighted by Crippen LogP contribution is -2.32. The van der Waals surface area contributed by atoms with Crippen LogP contribution in [0.2, 0.25) is 0 Å². The standard InChI is InChI=1S/C12H23BrN4S/c1-4-5-17-12(10(13)6-15-17)11(16-14)8-18-7-9(2)3/h6,9,11,16H,4-5,7-8,14H2,1-3H3. The molecule has 18 heavy (non-hydrogen) atoms. The number of hydrazine groups is 1. The average molecular weight is 335 g/mol. The normalized spacial score (nSPS) is 13.2. The van der Waals surface area contributed by atoms with Crippen LogP contribution in [0.15, 0.2) is 10.7 Å². The molecule has 4 nitrogen and oxygen atoms in total. The molecule has 0 amide bonds. The molecule has 0 aliphatic rings. The van der Waals surface area contributed by atoms with Gasteiger partial charge in [0.2, 0.25) is 0 Å². The largest absolute Gasteiger partial charge is 0.271 e. The summed E-state index contributed by atoms with van der Waals surface area (Å²) >= 11 is 5.48. The Labute approximate surface area is 122 Å². The van der Waals surface area contributed by atoms with Crippen molar-refractivity contribution in [3.63, 3.8) is 0 Å². The molecule has 0 saturated heterocycles. The summed E-state index contributed by atoms with van der Waals surface area (Å²) in [6, 6.07) is 0.136. The van der Waals surface area contributed by atoms with Gasteiger partial charge in [0.1, 0.15) is 0 Å². The Morgan fingerprint density at radius 2 is 2.22 bits per heavy atom. The quantitative estimate of drug-likeness (QED) is 0.566. The molecule has 3 N–H and O–H groups in total. The van der Waals surface area contributed by atoms with Gasteiger partial charge in [0.25, 0.3) is 0 Å². The number of rotatable bonds is 8. The van der Waals surface area contributed by atoms with Gasteiger partial charge in [-0.1, -0.05) is 20.8 Å². The van der Waals surface area contributed by atoms with Gasteiger partial charge in [0.15, 0.2) is 0 Å². The third-order valence-corrected chi connectivity index (χ3v) is 4.62. The van der Waals surface area contributed by atoms with E-state index in [4.69, 9.17) is 5.84 Å². The molecule has 1 atom stereocenters. The van der Waals surface area contributed by atoms with Crippen LogP contribution in [0, 0.1) is 5.92 Å². The molecular formula is C12H23BrN4S. The number of aryl methyl sites for hydroxylation is 1. The molecule has 0 fully saturated rings. The lowest BCUT2D eigenvalue weighted by molar-refractivity contribution is 0.507. The maximum Gasteiger partial charge on any atom is 0.0730 e. The molecule has 1 unspecified atom stereocenters. The van der Waals surface area contributed by atoms with E-state index in [0.29, 0.717) is 5.92 Å². The minimum atomic E-state index is 0.136. The van der Waals surface area contributed by atoms with E-state index in [2.05, 4.69) is 47.2 Å². The van der Waals surface area contributed by atoms with Crippen molar-refractivity contribution in [3.8, 4) is 0 Å². The molecule has 104 valence electrons. The molecular weight excluding hydrogens is 312 g/mol. The fourth-order valence-electron chi connectivity index (χ4n) is 1.74. The zero-order valence-corrected chi connectivity index (χ0v) is 13.7. The second-order valence-corrected chi connectivity index (χ2v) is 6.68. The van der Waals surface area contributed by atoms with Crippen LogP contribution in [0.25, 0.3) is 0 Å². The third-order valence-electron chi connectivity index (χ3n) is 2.54. The minimum absolute atomic E-state index is 0.136. The first-order valence-corrected chi connectivity index (χ1v) is 8.30. The number of aromatic nitrogens is 2. The maximum absolute atomic E-state index is 5.69. The van der Waals surface area contributed by atoms with Crippen LogP contribution in [0.1, 0.15) is 38.9 Å². The van der Waals surface area contributed by atoms with Crippen molar-refractivity contribution >= 4 is 27.7 Å². The topological polar surface area (TPSA) is 55.9 Å². The van der Waals surface area contributed by atoms with Crippen molar-refractivity contribution in [1.29, 1.82) is 0 Å². The van der Waals surface area contributed by atoms with Crippen molar-refractivity contribution in [2.75, 3.05) is 11.5 Å². The summed E-state index contributed by atoms with van der Waals surface area (Å²) in [5.74, 6) is 8.51. The Morgan fingerprint density at radius 3 is 2.78 bits per heavy atom. The van der Waals surface area contributed by atoms with Crippen LogP contribution in [0.5, 0.6) is 0 Å². The molecule has 0 bridgehead atoms. The maximum atomic E-state index is 5.69. The van der Waals surface area contributed by atoms with Crippen LogP contribution >= 0.6 is 27.7 Å². The number of hydrogen-bond acceptors (Lipinski definition) is 4. The van der Waals surface area contributed by atoms with Crippen molar-refractivity contribution in [2.24, 2.45) is 11.8 Å². The summed E-state index contributed by atoms with van der Waals surface area (Å²) in [7, 11) is 0. The van der Waals surface area contributed by atoms with Crippen LogP contribution < -0.4 is 11.3 Å². The van der Waals surface area contributed by atoms with E-state index in [9.17, 15) is 0 Å². The summed E-state index contributed by atoms with van der Waals surface area (Å²) in [4.78, 5) is 0. The molecule has 0 radical (unpaired) electrons. The van der Waals surface area contributed by atoms with E-state index >= 15 is 0 Å². The Hall–Kier alpha value is -0.0400. The molecule has 0 saturated carbocycles. The van der Waals surface area contributed by atoms with E-state index in [0.717, 1.165) is 34.6 Å². The van der Waals surface area contributed by atoms with Gasteiger partial charge in [-0.2, -0.15) is 16.9 Å². The number of thioether (sulfide) groups is 1. The first kappa shape index (κ1) is 16.0. The Balaban J connectivity index is 2.71. The van der Waals surface area contributed by atoms with Crippen molar-refractivity contribution in [2.45, 2.75) is 39.8 Å². The predicted molar refractivity (Wildman–Crippen MR) is 82.4 cm³/mol. The SMILES string of the molecule is CCCn1ncc(Br)c1C(CSCC(C)C)NN. The Kier molecular flexibility index (Phi) is 7.29. The molecule has 1 aromatic heterocycles. The molecule has 0 aliphatic carbocycles. The number of nitrogens with two attached hydrogens (primary N) is 1. The van der Waals surface area contributed by atoms with Crippen LogP contribution in [-0.2, 0) is 6.54 Å². The van der Waals surface area contributed by atoms with E-state index in [-0.39, 0.29) is 6.04 Å². The lowest BCUT2D eigenvalue weighted by Gasteiger charge is -2.18. The fourth-order valence-corrected chi connectivity index (χ4v) is 3.41. The van der Waals surface area contributed by atoms with Crippen molar-refractivity contribution < 1.29 is 0 Å². The van der Waals surface area contributed by atoms with E-state index in [1.54, 1.807) is 0 Å². The van der Waals surface area contributed by atoms with Crippen molar-refractivity contribution in [3.05, 3.63) is 16.4 Å². The summed E-state index contributed by atoms with van der Waals surface area (Å²) in [6.07, 6.45) is 2.92. The third kappa shape index (κ3) is 4.57.